The fraction of sp³-hybridized carbons (Fsp3) is 0.538. The number of benzene rings is 1. The summed E-state index contributed by atoms with van der Waals surface area (Å²) >= 11 is 3.50. The van der Waals surface area contributed by atoms with Crippen LogP contribution in [0.4, 0.5) is 0 Å². The van der Waals surface area contributed by atoms with E-state index in [0.717, 1.165) is 10.0 Å². The maximum Gasteiger partial charge on any atom is 0.185 e. The van der Waals surface area contributed by atoms with E-state index in [4.69, 9.17) is 18.9 Å². The molecular weight excluding hydrogens is 300 g/mol. The van der Waals surface area contributed by atoms with Crippen molar-refractivity contribution in [1.29, 1.82) is 0 Å². The first kappa shape index (κ1) is 14.0. The molecule has 0 N–H and O–H groups in total. The summed E-state index contributed by atoms with van der Waals surface area (Å²) in [6, 6.07) is 7.86. The second-order valence-corrected chi connectivity index (χ2v) is 4.92. The summed E-state index contributed by atoms with van der Waals surface area (Å²) in [5.41, 5.74) is 0.976. The van der Waals surface area contributed by atoms with Crippen LogP contribution in [0.2, 0.25) is 0 Å². The summed E-state index contributed by atoms with van der Waals surface area (Å²) in [4.78, 5) is 0. The molecule has 0 unspecified atom stereocenters. The van der Waals surface area contributed by atoms with Gasteiger partial charge in [-0.25, -0.2) is 0 Å². The number of hydrogen-bond donors (Lipinski definition) is 0. The first-order chi connectivity index (χ1) is 8.76. The minimum atomic E-state index is -0.390. The van der Waals surface area contributed by atoms with Crippen LogP contribution in [0.1, 0.15) is 11.9 Å². The molecule has 0 bridgehead atoms. The lowest BCUT2D eigenvalue weighted by Crippen LogP contribution is -2.34. The van der Waals surface area contributed by atoms with Crippen LogP contribution in [0.3, 0.4) is 0 Å². The van der Waals surface area contributed by atoms with Crippen molar-refractivity contribution in [3.8, 4) is 0 Å². The van der Waals surface area contributed by atoms with Crippen LogP contribution in [0.25, 0.3) is 0 Å². The molecule has 1 aliphatic rings. The molecule has 0 aromatic heterocycles. The normalized spacial score (nSPS) is 25.9. The summed E-state index contributed by atoms with van der Waals surface area (Å²) < 4.78 is 23.2. The maximum atomic E-state index is 5.75. The first-order valence-corrected chi connectivity index (χ1v) is 6.58. The lowest BCUT2D eigenvalue weighted by Gasteiger charge is -2.20. The molecule has 1 heterocycles. The second kappa shape index (κ2) is 6.63. The van der Waals surface area contributed by atoms with E-state index in [1.165, 1.54) is 0 Å². The molecule has 1 fully saturated rings. The third kappa shape index (κ3) is 3.10. The Kier molecular flexibility index (Phi) is 5.14. The summed E-state index contributed by atoms with van der Waals surface area (Å²) in [6.07, 6.45) is -0.608. The minimum absolute atomic E-state index is 0.109. The van der Waals surface area contributed by atoms with Gasteiger partial charge in [-0.3, -0.25) is 0 Å². The molecule has 18 heavy (non-hydrogen) atoms. The molecule has 1 aromatic carbocycles. The van der Waals surface area contributed by atoms with Crippen LogP contribution in [-0.2, 0) is 18.9 Å². The van der Waals surface area contributed by atoms with Crippen molar-refractivity contribution >= 4 is 15.9 Å². The Morgan fingerprint density at radius 2 is 1.61 bits per heavy atom. The van der Waals surface area contributed by atoms with E-state index in [0.29, 0.717) is 13.2 Å². The van der Waals surface area contributed by atoms with Crippen LogP contribution < -0.4 is 0 Å². The molecule has 1 aliphatic heterocycles. The van der Waals surface area contributed by atoms with Gasteiger partial charge in [0, 0.05) is 24.3 Å². The summed E-state index contributed by atoms with van der Waals surface area (Å²) in [6.45, 7) is 0.891. The van der Waals surface area contributed by atoms with Gasteiger partial charge in [-0.1, -0.05) is 34.1 Å². The van der Waals surface area contributed by atoms with E-state index < -0.39 is 6.29 Å². The topological polar surface area (TPSA) is 36.9 Å². The SMILES string of the molecule is CO[C@H]1COC(c2ccccc2Br)OC[C@@H]1OC. The molecule has 2 atom stereocenters. The number of methoxy groups -OCH3 is 2. The Labute approximate surface area is 115 Å². The Hall–Kier alpha value is -0.460. The van der Waals surface area contributed by atoms with Gasteiger partial charge in [-0.05, 0) is 6.07 Å². The Balaban J connectivity index is 2.11. The molecule has 4 nitrogen and oxygen atoms in total. The molecule has 100 valence electrons. The van der Waals surface area contributed by atoms with Crippen LogP contribution in [-0.4, -0.2) is 39.6 Å². The zero-order valence-electron chi connectivity index (χ0n) is 10.5. The average Bonchev–Trinajstić information content (AvgIpc) is 2.61. The van der Waals surface area contributed by atoms with Crippen molar-refractivity contribution in [3.05, 3.63) is 34.3 Å². The second-order valence-electron chi connectivity index (χ2n) is 4.07. The van der Waals surface area contributed by atoms with Crippen molar-refractivity contribution in [2.24, 2.45) is 0 Å². The third-order valence-corrected chi connectivity index (χ3v) is 3.73. The van der Waals surface area contributed by atoms with Crippen LogP contribution in [0, 0.1) is 0 Å². The third-order valence-electron chi connectivity index (χ3n) is 3.00. The smallest absolute Gasteiger partial charge is 0.185 e. The first-order valence-electron chi connectivity index (χ1n) is 5.79. The maximum absolute atomic E-state index is 5.75. The van der Waals surface area contributed by atoms with Crippen LogP contribution in [0.5, 0.6) is 0 Å². The number of rotatable bonds is 3. The van der Waals surface area contributed by atoms with Crippen molar-refractivity contribution in [1.82, 2.24) is 0 Å². The number of ether oxygens (including phenoxy) is 4. The molecular formula is C13H17BrO4. The molecule has 0 spiro atoms. The van der Waals surface area contributed by atoms with E-state index in [1.807, 2.05) is 24.3 Å². The van der Waals surface area contributed by atoms with Crippen molar-refractivity contribution in [3.63, 3.8) is 0 Å². The lowest BCUT2D eigenvalue weighted by atomic mass is 10.2. The van der Waals surface area contributed by atoms with E-state index in [-0.39, 0.29) is 12.2 Å². The monoisotopic (exact) mass is 316 g/mol. The van der Waals surface area contributed by atoms with Gasteiger partial charge in [-0.2, -0.15) is 0 Å². The zero-order chi connectivity index (χ0) is 13.0. The van der Waals surface area contributed by atoms with Gasteiger partial charge in [0.25, 0.3) is 0 Å². The summed E-state index contributed by atoms with van der Waals surface area (Å²) in [7, 11) is 3.30. The highest BCUT2D eigenvalue weighted by atomic mass is 79.9. The highest BCUT2D eigenvalue weighted by molar-refractivity contribution is 9.10. The van der Waals surface area contributed by atoms with Crippen molar-refractivity contribution < 1.29 is 18.9 Å². The van der Waals surface area contributed by atoms with Gasteiger partial charge >= 0.3 is 0 Å². The summed E-state index contributed by atoms with van der Waals surface area (Å²) in [5.74, 6) is 0. The van der Waals surface area contributed by atoms with Gasteiger partial charge in [0.05, 0.1) is 13.2 Å². The van der Waals surface area contributed by atoms with Gasteiger partial charge < -0.3 is 18.9 Å². The standard InChI is InChI=1S/C13H17BrO4/c1-15-11-7-17-13(18-8-12(11)16-2)9-5-3-4-6-10(9)14/h3-6,11-13H,7-8H2,1-2H3/t11-,12-/m0/s1. The zero-order valence-corrected chi connectivity index (χ0v) is 12.1. The number of hydrogen-bond acceptors (Lipinski definition) is 4. The van der Waals surface area contributed by atoms with Gasteiger partial charge in [-0.15, -0.1) is 0 Å². The molecule has 5 heteroatoms. The van der Waals surface area contributed by atoms with Crippen LogP contribution >= 0.6 is 15.9 Å². The van der Waals surface area contributed by atoms with Crippen molar-refractivity contribution in [2.45, 2.75) is 18.5 Å². The quantitative estimate of drug-likeness (QED) is 0.858. The largest absolute Gasteiger partial charge is 0.376 e. The summed E-state index contributed by atoms with van der Waals surface area (Å²) in [5, 5.41) is 0. The fourth-order valence-electron chi connectivity index (χ4n) is 1.91. The fourth-order valence-corrected chi connectivity index (χ4v) is 2.38. The van der Waals surface area contributed by atoms with Gasteiger partial charge in [0.2, 0.25) is 0 Å². The molecule has 0 radical (unpaired) electrons. The molecule has 0 saturated carbocycles. The number of halogens is 1. The van der Waals surface area contributed by atoms with Gasteiger partial charge in [0.1, 0.15) is 12.2 Å². The molecule has 0 amide bonds. The van der Waals surface area contributed by atoms with E-state index >= 15 is 0 Å². The highest BCUT2D eigenvalue weighted by Gasteiger charge is 2.29. The van der Waals surface area contributed by atoms with Gasteiger partial charge in [0.15, 0.2) is 6.29 Å². The van der Waals surface area contributed by atoms with E-state index in [1.54, 1.807) is 14.2 Å². The molecule has 0 aliphatic carbocycles. The highest BCUT2D eigenvalue weighted by Crippen LogP contribution is 2.29. The molecule has 2 rings (SSSR count). The predicted molar refractivity (Wildman–Crippen MR) is 70.4 cm³/mol. The lowest BCUT2D eigenvalue weighted by molar-refractivity contribution is -0.139. The van der Waals surface area contributed by atoms with E-state index in [9.17, 15) is 0 Å². The minimum Gasteiger partial charge on any atom is -0.376 e. The predicted octanol–water partition coefficient (Wildman–Crippen LogP) is 2.52. The van der Waals surface area contributed by atoms with E-state index in [2.05, 4.69) is 15.9 Å². The average molecular weight is 317 g/mol. The van der Waals surface area contributed by atoms with Crippen LogP contribution in [0.15, 0.2) is 28.7 Å². The Morgan fingerprint density at radius 1 is 1.06 bits per heavy atom. The molecule has 1 aromatic rings. The molecule has 1 saturated heterocycles. The Morgan fingerprint density at radius 3 is 2.11 bits per heavy atom. The van der Waals surface area contributed by atoms with Crippen molar-refractivity contribution in [2.75, 3.05) is 27.4 Å². The Bertz CT molecular complexity index is 371.